The van der Waals surface area contributed by atoms with Crippen molar-refractivity contribution in [1.82, 2.24) is 9.80 Å². The number of halogens is 6. The molecule has 0 unspecified atom stereocenters. The molecule has 0 aliphatic carbocycles. The lowest BCUT2D eigenvalue weighted by Gasteiger charge is -2.45. The molecule has 2 aliphatic heterocycles. The molecular weight excluding hydrogens is 442 g/mol. The van der Waals surface area contributed by atoms with Crippen LogP contribution >= 0.6 is 0 Å². The smallest absolute Gasteiger partial charge is 0.434 e. The average Bonchev–Trinajstić information content (AvgIpc) is 3.08. The van der Waals surface area contributed by atoms with Gasteiger partial charge in [0.15, 0.2) is 0 Å². The van der Waals surface area contributed by atoms with Crippen molar-refractivity contribution in [1.29, 1.82) is 0 Å². The molecule has 0 bridgehead atoms. The van der Waals surface area contributed by atoms with Crippen LogP contribution in [0.15, 0.2) is 24.3 Å². The number of ether oxygens (including phenoxy) is 2. The third-order valence-corrected chi connectivity index (χ3v) is 6.14. The second-order valence-electron chi connectivity index (χ2n) is 8.12. The van der Waals surface area contributed by atoms with E-state index < -0.39 is 24.5 Å². The number of likely N-dealkylation sites (tertiary alicyclic amines) is 2. The van der Waals surface area contributed by atoms with Gasteiger partial charge in [-0.2, -0.15) is 26.3 Å². The number of nitrogens with zero attached hydrogens (tertiary/aromatic N) is 2. The fraction of sp³-hybridized carbons (Fsp3) is 0.667. The first-order chi connectivity index (χ1) is 15.0. The number of hydrogen-bond donors (Lipinski definition) is 0. The predicted molar refractivity (Wildman–Crippen MR) is 103 cm³/mol. The molecule has 1 aromatic carbocycles. The molecule has 2 saturated heterocycles. The molecule has 2 heterocycles. The fourth-order valence-electron chi connectivity index (χ4n) is 4.54. The summed E-state index contributed by atoms with van der Waals surface area (Å²) in [5.41, 5.74) is 0.750. The van der Waals surface area contributed by atoms with Crippen molar-refractivity contribution >= 4 is 6.09 Å². The Hall–Kier alpha value is -2.17. The Morgan fingerprint density at radius 2 is 1.66 bits per heavy atom. The SMILES string of the molecule is CCOc1ccccc1CN1CCCC12CCN(C(=O)OC(C(F)(F)F)C(F)(F)F)CC2. The number of benzene rings is 1. The van der Waals surface area contributed by atoms with Gasteiger partial charge in [0.1, 0.15) is 5.75 Å². The van der Waals surface area contributed by atoms with Gasteiger partial charge in [0.05, 0.1) is 6.61 Å². The van der Waals surface area contributed by atoms with E-state index in [9.17, 15) is 31.1 Å². The molecule has 0 radical (unpaired) electrons. The van der Waals surface area contributed by atoms with Crippen molar-refractivity contribution in [2.24, 2.45) is 0 Å². The predicted octanol–water partition coefficient (Wildman–Crippen LogP) is 5.15. The second kappa shape index (κ2) is 9.36. The van der Waals surface area contributed by atoms with Gasteiger partial charge in [-0.3, -0.25) is 4.90 Å². The van der Waals surface area contributed by atoms with Gasteiger partial charge in [-0.25, -0.2) is 4.79 Å². The van der Waals surface area contributed by atoms with E-state index in [1.54, 1.807) is 0 Å². The van der Waals surface area contributed by atoms with Crippen LogP contribution in [0.3, 0.4) is 0 Å². The number of amides is 1. The largest absolute Gasteiger partial charge is 0.494 e. The molecule has 1 spiro atoms. The Morgan fingerprint density at radius 3 is 2.25 bits per heavy atom. The van der Waals surface area contributed by atoms with Crippen LogP contribution in [0, 0.1) is 0 Å². The van der Waals surface area contributed by atoms with Crippen LogP contribution in [-0.4, -0.2) is 66.1 Å². The number of para-hydroxylation sites is 1. The minimum absolute atomic E-state index is 0.0326. The summed E-state index contributed by atoms with van der Waals surface area (Å²) in [4.78, 5) is 15.3. The zero-order valence-electron chi connectivity index (χ0n) is 17.6. The summed E-state index contributed by atoms with van der Waals surface area (Å²) in [6, 6.07) is 7.65. The highest BCUT2D eigenvalue weighted by atomic mass is 19.4. The summed E-state index contributed by atoms with van der Waals surface area (Å²) in [6.45, 7) is 3.91. The Bertz CT molecular complexity index is 776. The molecule has 2 aliphatic rings. The molecule has 1 aromatic rings. The van der Waals surface area contributed by atoms with Crippen LogP contribution in [0.2, 0.25) is 0 Å². The lowest BCUT2D eigenvalue weighted by Crippen LogP contribution is -2.54. The Balaban J connectivity index is 1.64. The standard InChI is InChI=1S/C21H26F6N2O3/c1-2-31-16-7-4-3-6-15(16)14-29-11-5-8-19(29)9-12-28(13-10-19)18(30)32-17(20(22,23)24)21(25,26)27/h3-4,6-7,17H,2,5,8-14H2,1H3. The van der Waals surface area contributed by atoms with Crippen molar-refractivity contribution in [2.75, 3.05) is 26.2 Å². The third kappa shape index (κ3) is 5.41. The van der Waals surface area contributed by atoms with E-state index >= 15 is 0 Å². The highest BCUT2D eigenvalue weighted by Crippen LogP contribution is 2.41. The van der Waals surface area contributed by atoms with Crippen molar-refractivity contribution in [2.45, 2.75) is 63.1 Å². The van der Waals surface area contributed by atoms with Gasteiger partial charge in [-0.15, -0.1) is 0 Å². The first-order valence-corrected chi connectivity index (χ1v) is 10.5. The van der Waals surface area contributed by atoms with Gasteiger partial charge in [-0.1, -0.05) is 18.2 Å². The molecule has 3 rings (SSSR count). The number of alkyl halides is 6. The fourth-order valence-corrected chi connectivity index (χ4v) is 4.54. The zero-order chi connectivity index (χ0) is 23.6. The van der Waals surface area contributed by atoms with Crippen LogP contribution in [-0.2, 0) is 11.3 Å². The number of rotatable bonds is 5. The maximum atomic E-state index is 12.7. The minimum Gasteiger partial charge on any atom is -0.494 e. The highest BCUT2D eigenvalue weighted by molar-refractivity contribution is 5.68. The minimum atomic E-state index is -5.72. The average molecular weight is 468 g/mol. The summed E-state index contributed by atoms with van der Waals surface area (Å²) in [5, 5.41) is 0. The number of carbonyl (C=O) groups excluding carboxylic acids is 1. The van der Waals surface area contributed by atoms with Crippen molar-refractivity contribution in [3.05, 3.63) is 29.8 Å². The zero-order valence-corrected chi connectivity index (χ0v) is 17.6. The van der Waals surface area contributed by atoms with Gasteiger partial charge in [0.25, 0.3) is 6.10 Å². The Kier molecular flexibility index (Phi) is 7.16. The van der Waals surface area contributed by atoms with Crippen LogP contribution in [0.5, 0.6) is 5.75 Å². The van der Waals surface area contributed by atoms with Crippen LogP contribution in [0.25, 0.3) is 0 Å². The molecule has 5 nitrogen and oxygen atoms in total. The van der Waals surface area contributed by atoms with E-state index in [-0.39, 0.29) is 18.6 Å². The van der Waals surface area contributed by atoms with Crippen molar-refractivity contribution in [3.8, 4) is 5.75 Å². The first kappa shape index (κ1) is 24.5. The molecule has 0 N–H and O–H groups in total. The maximum absolute atomic E-state index is 12.7. The molecule has 11 heteroatoms. The molecule has 0 aromatic heterocycles. The van der Waals surface area contributed by atoms with E-state index in [1.807, 2.05) is 31.2 Å². The van der Waals surface area contributed by atoms with E-state index in [0.717, 1.165) is 35.6 Å². The molecule has 32 heavy (non-hydrogen) atoms. The van der Waals surface area contributed by atoms with Gasteiger partial charge in [-0.05, 0) is 45.2 Å². The quantitative estimate of drug-likeness (QED) is 0.561. The summed E-state index contributed by atoms with van der Waals surface area (Å²) in [5.74, 6) is 0.781. The van der Waals surface area contributed by atoms with E-state index in [4.69, 9.17) is 4.74 Å². The van der Waals surface area contributed by atoms with Crippen molar-refractivity contribution < 1.29 is 40.6 Å². The Labute approximate surface area is 182 Å². The van der Waals surface area contributed by atoms with Gasteiger partial charge in [0.2, 0.25) is 0 Å². The lowest BCUT2D eigenvalue weighted by molar-refractivity contribution is -0.308. The summed E-state index contributed by atoms with van der Waals surface area (Å²) in [7, 11) is 0. The summed E-state index contributed by atoms with van der Waals surface area (Å²) in [6.07, 6.45) is -14.5. The van der Waals surface area contributed by atoms with Crippen LogP contribution in [0.1, 0.15) is 38.2 Å². The lowest BCUT2D eigenvalue weighted by atomic mass is 9.85. The second-order valence-corrected chi connectivity index (χ2v) is 8.12. The van der Waals surface area contributed by atoms with Gasteiger partial charge >= 0.3 is 18.4 Å². The molecular formula is C21H26F6N2O3. The normalized spacial score (nSPS) is 19.6. The molecule has 180 valence electrons. The van der Waals surface area contributed by atoms with Crippen LogP contribution < -0.4 is 4.74 Å². The molecule has 2 fully saturated rings. The van der Waals surface area contributed by atoms with Crippen molar-refractivity contribution in [3.63, 3.8) is 0 Å². The maximum Gasteiger partial charge on any atom is 0.434 e. The molecule has 0 saturated carbocycles. The molecule has 1 amide bonds. The summed E-state index contributed by atoms with van der Waals surface area (Å²) < 4.78 is 85.7. The molecule has 0 atom stereocenters. The first-order valence-electron chi connectivity index (χ1n) is 10.5. The van der Waals surface area contributed by atoms with E-state index in [2.05, 4.69) is 9.64 Å². The Morgan fingerprint density at radius 1 is 1.03 bits per heavy atom. The van der Waals surface area contributed by atoms with Gasteiger partial charge in [0, 0.05) is 30.7 Å². The topological polar surface area (TPSA) is 42.0 Å². The number of hydrogen-bond acceptors (Lipinski definition) is 4. The van der Waals surface area contributed by atoms with Gasteiger partial charge < -0.3 is 14.4 Å². The highest BCUT2D eigenvalue weighted by Gasteiger charge is 2.60. The monoisotopic (exact) mass is 468 g/mol. The summed E-state index contributed by atoms with van der Waals surface area (Å²) >= 11 is 0. The van der Waals surface area contributed by atoms with E-state index in [1.165, 1.54) is 0 Å². The van der Waals surface area contributed by atoms with E-state index in [0.29, 0.717) is 26.0 Å². The number of carbonyl (C=O) groups is 1. The third-order valence-electron chi connectivity index (χ3n) is 6.14. The van der Waals surface area contributed by atoms with Crippen LogP contribution in [0.4, 0.5) is 31.1 Å². The number of piperidine rings is 1.